The minimum absolute atomic E-state index is 0.138. The van der Waals surface area contributed by atoms with E-state index in [9.17, 15) is 18.0 Å². The standard InChI is InChI=1S/C11H18F3NO2/c1-10(2)4-3-6-15(7-5-10)9(16)17-8-11(12,13)14/h3-8H2,1-2H3. The van der Waals surface area contributed by atoms with Crippen molar-refractivity contribution in [3.8, 4) is 0 Å². The molecule has 3 nitrogen and oxygen atoms in total. The molecule has 0 N–H and O–H groups in total. The molecule has 0 radical (unpaired) electrons. The van der Waals surface area contributed by atoms with Gasteiger partial charge in [-0.05, 0) is 24.7 Å². The molecule has 0 spiro atoms. The van der Waals surface area contributed by atoms with Crippen LogP contribution in [0.3, 0.4) is 0 Å². The second-order valence-corrected chi connectivity index (χ2v) is 5.17. The number of halogens is 3. The third-order valence-electron chi connectivity index (χ3n) is 2.96. The van der Waals surface area contributed by atoms with E-state index in [2.05, 4.69) is 18.6 Å². The minimum Gasteiger partial charge on any atom is -0.440 e. The summed E-state index contributed by atoms with van der Waals surface area (Å²) in [5, 5.41) is 0. The van der Waals surface area contributed by atoms with Crippen molar-refractivity contribution >= 4 is 6.09 Å². The van der Waals surface area contributed by atoms with Crippen LogP contribution >= 0.6 is 0 Å². The van der Waals surface area contributed by atoms with Crippen molar-refractivity contribution in [3.05, 3.63) is 0 Å². The Morgan fingerprint density at radius 2 is 1.94 bits per heavy atom. The largest absolute Gasteiger partial charge is 0.440 e. The van der Waals surface area contributed by atoms with E-state index in [1.54, 1.807) is 0 Å². The van der Waals surface area contributed by atoms with E-state index < -0.39 is 18.9 Å². The van der Waals surface area contributed by atoms with E-state index in [-0.39, 0.29) is 5.41 Å². The van der Waals surface area contributed by atoms with E-state index in [1.807, 2.05) is 0 Å². The summed E-state index contributed by atoms with van der Waals surface area (Å²) in [6.45, 7) is 3.62. The second kappa shape index (κ2) is 5.14. The number of ether oxygens (including phenoxy) is 1. The maximum absolute atomic E-state index is 11.9. The quantitative estimate of drug-likeness (QED) is 0.718. The van der Waals surface area contributed by atoms with Crippen molar-refractivity contribution in [1.29, 1.82) is 0 Å². The smallest absolute Gasteiger partial charge is 0.422 e. The Kier molecular flexibility index (Phi) is 4.27. The molecular weight excluding hydrogens is 235 g/mol. The molecule has 0 atom stereocenters. The molecule has 0 bridgehead atoms. The molecule has 1 saturated heterocycles. The molecule has 0 aromatic heterocycles. The number of hydrogen-bond donors (Lipinski definition) is 0. The summed E-state index contributed by atoms with van der Waals surface area (Å²) in [6.07, 6.45) is -2.76. The van der Waals surface area contributed by atoms with Crippen LogP contribution in [-0.4, -0.2) is 36.9 Å². The molecule has 1 fully saturated rings. The summed E-state index contributed by atoms with van der Waals surface area (Å²) in [5.41, 5.74) is 0.138. The monoisotopic (exact) mass is 253 g/mol. The predicted molar refractivity (Wildman–Crippen MR) is 56.6 cm³/mol. The van der Waals surface area contributed by atoms with Gasteiger partial charge in [-0.15, -0.1) is 0 Å². The Balaban J connectivity index is 2.42. The van der Waals surface area contributed by atoms with E-state index >= 15 is 0 Å². The molecular formula is C11H18F3NO2. The lowest BCUT2D eigenvalue weighted by atomic mass is 9.85. The molecule has 0 unspecified atom stereocenters. The zero-order valence-electron chi connectivity index (χ0n) is 10.1. The minimum atomic E-state index is -4.46. The fourth-order valence-corrected chi connectivity index (χ4v) is 1.84. The molecule has 0 aromatic rings. The number of likely N-dealkylation sites (tertiary alicyclic amines) is 1. The average molecular weight is 253 g/mol. The maximum atomic E-state index is 11.9. The van der Waals surface area contributed by atoms with Gasteiger partial charge in [0.15, 0.2) is 6.61 Å². The number of alkyl halides is 3. The molecule has 100 valence electrons. The Hall–Kier alpha value is -0.940. The number of carbonyl (C=O) groups is 1. The first-order valence-corrected chi connectivity index (χ1v) is 5.68. The van der Waals surface area contributed by atoms with Gasteiger partial charge in [0.2, 0.25) is 0 Å². The van der Waals surface area contributed by atoms with Crippen LogP contribution in [0.4, 0.5) is 18.0 Å². The Morgan fingerprint density at radius 3 is 2.53 bits per heavy atom. The highest BCUT2D eigenvalue weighted by molar-refractivity contribution is 5.67. The summed E-state index contributed by atoms with van der Waals surface area (Å²) in [7, 11) is 0. The van der Waals surface area contributed by atoms with Crippen molar-refractivity contribution in [3.63, 3.8) is 0 Å². The number of rotatable bonds is 1. The van der Waals surface area contributed by atoms with Gasteiger partial charge in [0, 0.05) is 13.1 Å². The molecule has 6 heteroatoms. The van der Waals surface area contributed by atoms with Gasteiger partial charge >= 0.3 is 12.3 Å². The molecule has 1 heterocycles. The third kappa shape index (κ3) is 5.28. The van der Waals surface area contributed by atoms with Crippen LogP contribution in [0, 0.1) is 5.41 Å². The lowest BCUT2D eigenvalue weighted by Crippen LogP contribution is -2.35. The molecule has 0 aromatic carbocycles. The van der Waals surface area contributed by atoms with Crippen LogP contribution in [0.2, 0.25) is 0 Å². The summed E-state index contributed by atoms with van der Waals surface area (Å²) >= 11 is 0. The molecule has 0 aliphatic carbocycles. The summed E-state index contributed by atoms with van der Waals surface area (Å²) < 4.78 is 39.9. The molecule has 1 amide bonds. The number of carbonyl (C=O) groups excluding carboxylic acids is 1. The van der Waals surface area contributed by atoms with Gasteiger partial charge in [-0.25, -0.2) is 4.79 Å². The van der Waals surface area contributed by atoms with Crippen molar-refractivity contribution in [2.75, 3.05) is 19.7 Å². The molecule has 1 aliphatic heterocycles. The fraction of sp³-hybridized carbons (Fsp3) is 0.909. The van der Waals surface area contributed by atoms with E-state index in [0.29, 0.717) is 13.1 Å². The zero-order valence-corrected chi connectivity index (χ0v) is 10.1. The molecule has 1 aliphatic rings. The predicted octanol–water partition coefficient (Wildman–Crippen LogP) is 3.20. The number of nitrogens with zero attached hydrogens (tertiary/aromatic N) is 1. The van der Waals surface area contributed by atoms with Crippen LogP contribution in [0.15, 0.2) is 0 Å². The lowest BCUT2D eigenvalue weighted by molar-refractivity contribution is -0.162. The highest BCUT2D eigenvalue weighted by Gasteiger charge is 2.32. The summed E-state index contributed by atoms with van der Waals surface area (Å²) in [5.74, 6) is 0. The SMILES string of the molecule is CC1(C)CCCN(C(=O)OCC(F)(F)F)CC1. The van der Waals surface area contributed by atoms with Gasteiger partial charge in [-0.3, -0.25) is 0 Å². The first-order chi connectivity index (χ1) is 7.70. The van der Waals surface area contributed by atoms with Gasteiger partial charge in [-0.2, -0.15) is 13.2 Å². The number of amides is 1. The fourth-order valence-electron chi connectivity index (χ4n) is 1.84. The van der Waals surface area contributed by atoms with E-state index in [1.165, 1.54) is 4.90 Å². The van der Waals surface area contributed by atoms with Crippen molar-refractivity contribution < 1.29 is 22.7 Å². The topological polar surface area (TPSA) is 29.5 Å². The first-order valence-electron chi connectivity index (χ1n) is 5.68. The Bertz CT molecular complexity index is 276. The normalized spacial score (nSPS) is 20.9. The first kappa shape index (κ1) is 14.1. The maximum Gasteiger partial charge on any atom is 0.422 e. The van der Waals surface area contributed by atoms with Gasteiger partial charge in [-0.1, -0.05) is 13.8 Å². The lowest BCUT2D eigenvalue weighted by Gasteiger charge is -2.23. The second-order valence-electron chi connectivity index (χ2n) is 5.17. The molecule has 0 saturated carbocycles. The van der Waals surface area contributed by atoms with Gasteiger partial charge in [0.1, 0.15) is 0 Å². The average Bonchev–Trinajstić information content (AvgIpc) is 2.35. The van der Waals surface area contributed by atoms with Gasteiger partial charge in [0.25, 0.3) is 0 Å². The van der Waals surface area contributed by atoms with Crippen molar-refractivity contribution in [2.24, 2.45) is 5.41 Å². The number of hydrogen-bond acceptors (Lipinski definition) is 2. The van der Waals surface area contributed by atoms with Crippen molar-refractivity contribution in [2.45, 2.75) is 39.3 Å². The van der Waals surface area contributed by atoms with E-state index in [4.69, 9.17) is 0 Å². The third-order valence-corrected chi connectivity index (χ3v) is 2.96. The van der Waals surface area contributed by atoms with Gasteiger partial charge < -0.3 is 9.64 Å². The molecule has 17 heavy (non-hydrogen) atoms. The highest BCUT2D eigenvalue weighted by Crippen LogP contribution is 2.30. The van der Waals surface area contributed by atoms with Crippen LogP contribution in [-0.2, 0) is 4.74 Å². The molecule has 1 rings (SSSR count). The Morgan fingerprint density at radius 1 is 1.29 bits per heavy atom. The zero-order chi connectivity index (χ0) is 13.1. The van der Waals surface area contributed by atoms with Crippen LogP contribution in [0.1, 0.15) is 33.1 Å². The van der Waals surface area contributed by atoms with Crippen LogP contribution in [0.5, 0.6) is 0 Å². The highest BCUT2D eigenvalue weighted by atomic mass is 19.4. The van der Waals surface area contributed by atoms with Crippen molar-refractivity contribution in [1.82, 2.24) is 4.90 Å². The van der Waals surface area contributed by atoms with Gasteiger partial charge in [0.05, 0.1) is 0 Å². The van der Waals surface area contributed by atoms with E-state index in [0.717, 1.165) is 19.3 Å². The Labute approximate surface area is 98.9 Å². The van der Waals surface area contributed by atoms with Crippen LogP contribution in [0.25, 0.3) is 0 Å². The summed E-state index contributed by atoms with van der Waals surface area (Å²) in [6, 6.07) is 0. The van der Waals surface area contributed by atoms with Crippen LogP contribution < -0.4 is 0 Å². The summed E-state index contributed by atoms with van der Waals surface area (Å²) in [4.78, 5) is 12.8.